The molecular formula is C30H36N8O10. The van der Waals surface area contributed by atoms with Gasteiger partial charge in [0.15, 0.2) is 0 Å². The lowest BCUT2D eigenvalue weighted by Crippen LogP contribution is -2.45. The molecule has 0 bridgehead atoms. The molecule has 0 fully saturated rings. The second-order valence-electron chi connectivity index (χ2n) is 10.3. The molecule has 0 saturated carbocycles. The quantitative estimate of drug-likeness (QED) is 0.0395. The summed E-state index contributed by atoms with van der Waals surface area (Å²) in [5, 5.41) is 7.39. The van der Waals surface area contributed by atoms with Gasteiger partial charge in [0.1, 0.15) is 13.6 Å². The van der Waals surface area contributed by atoms with Crippen LogP contribution >= 0.6 is 0 Å². The number of rotatable bonds is 24. The third-order valence-electron chi connectivity index (χ3n) is 7.28. The first-order chi connectivity index (χ1) is 23.5. The molecule has 0 aromatic heterocycles. The van der Waals surface area contributed by atoms with E-state index < -0.39 is 23.6 Å². The minimum absolute atomic E-state index is 0.000584. The van der Waals surface area contributed by atoms with Gasteiger partial charge in [0, 0.05) is 69.2 Å². The standard InChI is InChI=1S/C30H36N8O10/c31-35-33-7-1-11-45-19-47-17-15-43-13-9-37-27(39)21-3-5-23-26-24(6-4-22(25(21)26)28(37)40)30(42)38(29(23)41)10-14-44-16-18-48-20-46-12-2-8-34-36-32/h3-6H,1-2,7-20H2. The van der Waals surface area contributed by atoms with Crippen molar-refractivity contribution in [2.45, 2.75) is 12.8 Å². The number of benzene rings is 2. The Balaban J connectivity index is 1.24. The maximum Gasteiger partial charge on any atom is 0.261 e. The van der Waals surface area contributed by atoms with E-state index in [0.29, 0.717) is 49.9 Å². The first kappa shape index (κ1) is 36.2. The molecule has 0 saturated heterocycles. The summed E-state index contributed by atoms with van der Waals surface area (Å²) in [6.07, 6.45) is 1.17. The Labute approximate surface area is 275 Å². The van der Waals surface area contributed by atoms with Crippen LogP contribution in [-0.4, -0.2) is 126 Å². The zero-order valence-electron chi connectivity index (χ0n) is 26.3. The minimum atomic E-state index is -0.540. The van der Waals surface area contributed by atoms with Gasteiger partial charge >= 0.3 is 0 Å². The van der Waals surface area contributed by atoms with Gasteiger partial charge < -0.3 is 28.4 Å². The molecule has 48 heavy (non-hydrogen) atoms. The summed E-state index contributed by atoms with van der Waals surface area (Å²) in [6, 6.07) is 6.03. The Morgan fingerprint density at radius 1 is 0.500 bits per heavy atom. The number of carbonyl (C=O) groups is 4. The SMILES string of the molecule is [N-]=[N+]=NCCCOCOCCOCCN1C(=O)c2ccc3c4c(ccc(c24)C1=O)C(=O)N(CCOCCOCOCCCN=[N+]=[N-])C3=O. The molecule has 0 unspecified atom stereocenters. The first-order valence-corrected chi connectivity index (χ1v) is 15.3. The monoisotopic (exact) mass is 668 g/mol. The zero-order valence-corrected chi connectivity index (χ0v) is 26.3. The molecule has 4 amide bonds. The van der Waals surface area contributed by atoms with E-state index >= 15 is 0 Å². The summed E-state index contributed by atoms with van der Waals surface area (Å²) in [4.78, 5) is 61.1. The molecule has 0 atom stereocenters. The van der Waals surface area contributed by atoms with Crippen LogP contribution in [0, 0.1) is 0 Å². The molecule has 0 radical (unpaired) electrons. The summed E-state index contributed by atoms with van der Waals surface area (Å²) in [6.45, 7) is 2.67. The molecule has 4 rings (SSSR count). The van der Waals surface area contributed by atoms with E-state index in [9.17, 15) is 19.2 Å². The fraction of sp³-hybridized carbons (Fsp3) is 0.533. The third kappa shape index (κ3) is 9.25. The molecule has 2 heterocycles. The van der Waals surface area contributed by atoms with Gasteiger partial charge in [-0.15, -0.1) is 0 Å². The predicted octanol–water partition coefficient (Wildman–Crippen LogP) is 3.45. The van der Waals surface area contributed by atoms with Crippen molar-refractivity contribution >= 4 is 34.4 Å². The molecule has 2 aliphatic heterocycles. The summed E-state index contributed by atoms with van der Waals surface area (Å²) < 4.78 is 32.2. The second kappa shape index (κ2) is 19.2. The van der Waals surface area contributed by atoms with Crippen LogP contribution in [0.5, 0.6) is 0 Å². The first-order valence-electron chi connectivity index (χ1n) is 15.3. The molecule has 0 spiro atoms. The van der Waals surface area contributed by atoms with Crippen LogP contribution in [0.25, 0.3) is 31.7 Å². The van der Waals surface area contributed by atoms with Gasteiger partial charge in [-0.2, -0.15) is 0 Å². The van der Waals surface area contributed by atoms with Crippen molar-refractivity contribution in [1.29, 1.82) is 0 Å². The molecule has 18 nitrogen and oxygen atoms in total. The van der Waals surface area contributed by atoms with Gasteiger partial charge in [-0.25, -0.2) is 0 Å². The molecule has 256 valence electrons. The molecule has 0 aliphatic carbocycles. The van der Waals surface area contributed by atoms with E-state index in [1.165, 1.54) is 24.3 Å². The van der Waals surface area contributed by atoms with Crippen molar-refractivity contribution in [3.8, 4) is 0 Å². The van der Waals surface area contributed by atoms with Gasteiger partial charge in [-0.1, -0.05) is 10.2 Å². The van der Waals surface area contributed by atoms with E-state index in [0.717, 1.165) is 9.80 Å². The highest BCUT2D eigenvalue weighted by atomic mass is 16.7. The summed E-state index contributed by atoms with van der Waals surface area (Å²) in [7, 11) is 0. The number of ether oxygens (including phenoxy) is 6. The van der Waals surface area contributed by atoms with Gasteiger partial charge in [-0.05, 0) is 48.2 Å². The number of hydrogen-bond donors (Lipinski definition) is 0. The lowest BCUT2D eigenvalue weighted by molar-refractivity contribution is -0.0698. The van der Waals surface area contributed by atoms with Crippen LogP contribution in [-0.2, 0) is 28.4 Å². The molecule has 18 heteroatoms. The van der Waals surface area contributed by atoms with E-state index in [-0.39, 0.29) is 88.6 Å². The molecule has 0 N–H and O–H groups in total. The van der Waals surface area contributed by atoms with E-state index in [1.807, 2.05) is 0 Å². The molecular weight excluding hydrogens is 632 g/mol. The molecule has 2 aromatic carbocycles. The maximum absolute atomic E-state index is 13.4. The van der Waals surface area contributed by atoms with Gasteiger partial charge in [0.05, 0.1) is 52.7 Å². The van der Waals surface area contributed by atoms with Crippen molar-refractivity contribution in [2.24, 2.45) is 10.2 Å². The Kier molecular flexibility index (Phi) is 14.5. The van der Waals surface area contributed by atoms with Gasteiger partial charge in [0.25, 0.3) is 23.6 Å². The molecule has 2 aromatic rings. The third-order valence-corrected chi connectivity index (χ3v) is 7.28. The number of nitrogens with zero attached hydrogens (tertiary/aromatic N) is 8. The largest absolute Gasteiger partial charge is 0.377 e. The Hall–Kier alpha value is -4.64. The summed E-state index contributed by atoms with van der Waals surface area (Å²) in [5.74, 6) is -2.16. The van der Waals surface area contributed by atoms with Crippen molar-refractivity contribution in [3.63, 3.8) is 0 Å². The van der Waals surface area contributed by atoms with E-state index in [2.05, 4.69) is 20.1 Å². The lowest BCUT2D eigenvalue weighted by Gasteiger charge is -2.31. The van der Waals surface area contributed by atoms with Crippen molar-refractivity contribution in [3.05, 3.63) is 67.4 Å². The number of imide groups is 2. The predicted molar refractivity (Wildman–Crippen MR) is 167 cm³/mol. The smallest absolute Gasteiger partial charge is 0.261 e. The average molecular weight is 669 g/mol. The number of amides is 4. The maximum atomic E-state index is 13.4. The number of hydrogen-bond acceptors (Lipinski definition) is 12. The lowest BCUT2D eigenvalue weighted by atomic mass is 9.86. The minimum Gasteiger partial charge on any atom is -0.377 e. The highest BCUT2D eigenvalue weighted by Crippen LogP contribution is 2.37. The van der Waals surface area contributed by atoms with E-state index in [4.69, 9.17) is 39.5 Å². The van der Waals surface area contributed by atoms with Crippen LogP contribution in [0.1, 0.15) is 54.3 Å². The Morgan fingerprint density at radius 2 is 0.833 bits per heavy atom. The number of carbonyl (C=O) groups excluding carboxylic acids is 4. The fourth-order valence-corrected chi connectivity index (χ4v) is 5.05. The van der Waals surface area contributed by atoms with Crippen molar-refractivity contribution < 1.29 is 47.6 Å². The van der Waals surface area contributed by atoms with Crippen molar-refractivity contribution in [2.75, 3.05) is 92.6 Å². The summed E-state index contributed by atoms with van der Waals surface area (Å²) >= 11 is 0. The van der Waals surface area contributed by atoms with Crippen molar-refractivity contribution in [1.82, 2.24) is 9.80 Å². The Morgan fingerprint density at radius 3 is 1.19 bits per heavy atom. The normalized spacial score (nSPS) is 13.7. The van der Waals surface area contributed by atoms with Crippen LogP contribution in [0.3, 0.4) is 0 Å². The highest BCUT2D eigenvalue weighted by Gasteiger charge is 2.39. The van der Waals surface area contributed by atoms with Crippen LogP contribution in [0.2, 0.25) is 0 Å². The summed E-state index contributed by atoms with van der Waals surface area (Å²) in [5.41, 5.74) is 17.4. The van der Waals surface area contributed by atoms with Crippen LogP contribution in [0.4, 0.5) is 0 Å². The fourth-order valence-electron chi connectivity index (χ4n) is 5.05. The zero-order chi connectivity index (χ0) is 34.1. The van der Waals surface area contributed by atoms with E-state index in [1.54, 1.807) is 0 Å². The topological polar surface area (TPSA) is 228 Å². The number of azide groups is 2. The highest BCUT2D eigenvalue weighted by molar-refractivity contribution is 6.33. The average Bonchev–Trinajstić information content (AvgIpc) is 3.09. The Bertz CT molecular complexity index is 1390. The van der Waals surface area contributed by atoms with Gasteiger partial charge in [-0.3, -0.25) is 29.0 Å². The van der Waals surface area contributed by atoms with Crippen LogP contribution in [0.15, 0.2) is 34.5 Å². The van der Waals surface area contributed by atoms with Crippen LogP contribution < -0.4 is 0 Å². The van der Waals surface area contributed by atoms with Gasteiger partial charge in [0.2, 0.25) is 0 Å². The molecule has 2 aliphatic rings. The second-order valence-corrected chi connectivity index (χ2v) is 10.3.